The molecule has 0 aliphatic carbocycles. The SMILES string of the molecule is CCCCCC(=O)Nc1cccc(-c2nn3cnnc3s2)c1. The highest BCUT2D eigenvalue weighted by Crippen LogP contribution is 2.26. The molecular formula is C15H17N5OS. The largest absolute Gasteiger partial charge is 0.326 e. The number of carbonyl (C=O) groups excluding carboxylic acids is 1. The molecule has 2 heterocycles. The van der Waals surface area contributed by atoms with Crippen molar-refractivity contribution in [2.75, 3.05) is 5.32 Å². The van der Waals surface area contributed by atoms with Crippen molar-refractivity contribution >= 4 is 27.9 Å². The molecule has 1 amide bonds. The van der Waals surface area contributed by atoms with E-state index in [1.807, 2.05) is 24.3 Å². The van der Waals surface area contributed by atoms with Gasteiger partial charge in [0.05, 0.1) is 0 Å². The molecular weight excluding hydrogens is 298 g/mol. The van der Waals surface area contributed by atoms with E-state index in [1.54, 1.807) is 10.8 Å². The van der Waals surface area contributed by atoms with Crippen LogP contribution in [0.4, 0.5) is 5.69 Å². The molecule has 3 rings (SSSR count). The van der Waals surface area contributed by atoms with Crippen LogP contribution < -0.4 is 5.32 Å². The summed E-state index contributed by atoms with van der Waals surface area (Å²) in [5.74, 6) is 0.0590. The van der Waals surface area contributed by atoms with E-state index in [0.29, 0.717) is 6.42 Å². The van der Waals surface area contributed by atoms with E-state index in [2.05, 4.69) is 27.5 Å². The molecule has 3 aromatic rings. The lowest BCUT2D eigenvalue weighted by Gasteiger charge is -2.06. The number of aromatic nitrogens is 4. The molecule has 0 aliphatic heterocycles. The number of hydrogen-bond donors (Lipinski definition) is 1. The average molecular weight is 315 g/mol. The molecule has 0 spiro atoms. The monoisotopic (exact) mass is 315 g/mol. The van der Waals surface area contributed by atoms with Gasteiger partial charge in [0.25, 0.3) is 0 Å². The first-order valence-corrected chi connectivity index (χ1v) is 8.15. The number of rotatable bonds is 6. The number of anilines is 1. The lowest BCUT2D eigenvalue weighted by atomic mass is 10.2. The highest BCUT2D eigenvalue weighted by atomic mass is 32.1. The van der Waals surface area contributed by atoms with Crippen LogP contribution in [-0.4, -0.2) is 25.7 Å². The summed E-state index contributed by atoms with van der Waals surface area (Å²) in [6.07, 6.45) is 5.27. The fraction of sp³-hybridized carbons (Fsp3) is 0.333. The fourth-order valence-electron chi connectivity index (χ4n) is 2.17. The molecule has 0 aliphatic rings. The number of benzene rings is 1. The van der Waals surface area contributed by atoms with Crippen LogP contribution in [0.2, 0.25) is 0 Å². The molecule has 0 fully saturated rings. The van der Waals surface area contributed by atoms with Crippen LogP contribution in [0.15, 0.2) is 30.6 Å². The Bertz CT molecular complexity index is 750. The number of unbranched alkanes of at least 4 members (excludes halogenated alkanes) is 2. The first-order chi connectivity index (χ1) is 10.8. The third-order valence-corrected chi connectivity index (χ3v) is 4.25. The second-order valence-corrected chi connectivity index (χ2v) is 6.01. The third-order valence-electron chi connectivity index (χ3n) is 3.29. The summed E-state index contributed by atoms with van der Waals surface area (Å²) in [6, 6.07) is 7.71. The highest BCUT2D eigenvalue weighted by Gasteiger charge is 2.09. The lowest BCUT2D eigenvalue weighted by Crippen LogP contribution is -2.10. The lowest BCUT2D eigenvalue weighted by molar-refractivity contribution is -0.116. The molecule has 0 saturated heterocycles. The van der Waals surface area contributed by atoms with Crippen molar-refractivity contribution in [1.82, 2.24) is 19.8 Å². The second kappa shape index (κ2) is 6.65. The minimum absolute atomic E-state index is 0.0590. The van der Waals surface area contributed by atoms with Gasteiger partial charge in [-0.05, 0) is 18.6 Å². The minimum atomic E-state index is 0.0590. The zero-order chi connectivity index (χ0) is 15.4. The maximum absolute atomic E-state index is 11.9. The Morgan fingerprint density at radius 2 is 2.27 bits per heavy atom. The van der Waals surface area contributed by atoms with Crippen LogP contribution in [0.5, 0.6) is 0 Å². The van der Waals surface area contributed by atoms with Crippen LogP contribution in [0.25, 0.3) is 15.5 Å². The molecule has 1 aromatic carbocycles. The van der Waals surface area contributed by atoms with Crippen molar-refractivity contribution in [3.05, 3.63) is 30.6 Å². The van der Waals surface area contributed by atoms with Crippen molar-refractivity contribution in [3.8, 4) is 10.6 Å². The van der Waals surface area contributed by atoms with Gasteiger partial charge in [-0.1, -0.05) is 43.2 Å². The van der Waals surface area contributed by atoms with Crippen molar-refractivity contribution < 1.29 is 4.79 Å². The fourth-order valence-corrected chi connectivity index (χ4v) is 2.98. The smallest absolute Gasteiger partial charge is 0.234 e. The number of carbonyl (C=O) groups is 1. The molecule has 2 aromatic heterocycles. The Morgan fingerprint density at radius 3 is 3.09 bits per heavy atom. The zero-order valence-corrected chi connectivity index (χ0v) is 13.1. The summed E-state index contributed by atoms with van der Waals surface area (Å²) in [5, 5.41) is 16.0. The van der Waals surface area contributed by atoms with Gasteiger partial charge in [0.15, 0.2) is 0 Å². The summed E-state index contributed by atoms with van der Waals surface area (Å²) < 4.78 is 1.65. The Labute approximate surface area is 132 Å². The normalized spacial score (nSPS) is 11.0. The van der Waals surface area contributed by atoms with Crippen molar-refractivity contribution in [3.63, 3.8) is 0 Å². The van der Waals surface area contributed by atoms with Crippen molar-refractivity contribution in [2.45, 2.75) is 32.6 Å². The standard InChI is InChI=1S/C15H17N5OS/c1-2-3-4-8-13(21)17-12-7-5-6-11(9-12)14-19-20-10-16-18-15(20)22-14/h5-7,9-10H,2-4,8H2,1H3,(H,17,21). The number of nitrogens with zero attached hydrogens (tertiary/aromatic N) is 4. The Hall–Kier alpha value is -2.28. The molecule has 0 saturated carbocycles. The Balaban J connectivity index is 1.72. The molecule has 6 nitrogen and oxygen atoms in total. The van der Waals surface area contributed by atoms with Crippen LogP contribution in [0.1, 0.15) is 32.6 Å². The zero-order valence-electron chi connectivity index (χ0n) is 12.3. The van der Waals surface area contributed by atoms with Gasteiger partial charge in [0.1, 0.15) is 11.3 Å². The summed E-state index contributed by atoms with van der Waals surface area (Å²) in [5.41, 5.74) is 1.76. The van der Waals surface area contributed by atoms with Crippen molar-refractivity contribution in [1.29, 1.82) is 0 Å². The second-order valence-electron chi connectivity index (χ2n) is 5.05. The molecule has 1 N–H and O–H groups in total. The molecule has 0 radical (unpaired) electrons. The maximum Gasteiger partial charge on any atom is 0.234 e. The minimum Gasteiger partial charge on any atom is -0.326 e. The molecule has 114 valence electrons. The van der Waals surface area contributed by atoms with E-state index < -0.39 is 0 Å². The van der Waals surface area contributed by atoms with E-state index in [0.717, 1.165) is 40.5 Å². The van der Waals surface area contributed by atoms with Gasteiger partial charge in [-0.3, -0.25) is 4.79 Å². The predicted octanol–water partition coefficient (Wildman–Crippen LogP) is 3.37. The molecule has 0 bridgehead atoms. The van der Waals surface area contributed by atoms with E-state index >= 15 is 0 Å². The van der Waals surface area contributed by atoms with Crippen LogP contribution in [-0.2, 0) is 4.79 Å². The Morgan fingerprint density at radius 1 is 1.36 bits per heavy atom. The van der Waals surface area contributed by atoms with Gasteiger partial charge >= 0.3 is 0 Å². The summed E-state index contributed by atoms with van der Waals surface area (Å²) in [6.45, 7) is 2.13. The highest BCUT2D eigenvalue weighted by molar-refractivity contribution is 7.19. The summed E-state index contributed by atoms with van der Waals surface area (Å²) in [4.78, 5) is 12.6. The van der Waals surface area contributed by atoms with Crippen LogP contribution in [0, 0.1) is 0 Å². The number of hydrogen-bond acceptors (Lipinski definition) is 5. The summed E-state index contributed by atoms with van der Waals surface area (Å²) in [7, 11) is 0. The van der Waals surface area contributed by atoms with E-state index in [4.69, 9.17) is 0 Å². The molecule has 22 heavy (non-hydrogen) atoms. The van der Waals surface area contributed by atoms with Gasteiger partial charge < -0.3 is 5.32 Å². The predicted molar refractivity (Wildman–Crippen MR) is 86.9 cm³/mol. The van der Waals surface area contributed by atoms with E-state index in [9.17, 15) is 4.79 Å². The number of amides is 1. The number of fused-ring (bicyclic) bond motifs is 1. The van der Waals surface area contributed by atoms with Gasteiger partial charge in [-0.2, -0.15) is 9.61 Å². The average Bonchev–Trinajstić information content (AvgIpc) is 3.09. The summed E-state index contributed by atoms with van der Waals surface area (Å²) >= 11 is 1.47. The van der Waals surface area contributed by atoms with E-state index in [1.165, 1.54) is 11.3 Å². The first kappa shape index (κ1) is 14.6. The maximum atomic E-state index is 11.9. The Kier molecular flexibility index (Phi) is 4.43. The van der Waals surface area contributed by atoms with Gasteiger partial charge in [0.2, 0.25) is 10.9 Å². The van der Waals surface area contributed by atoms with Crippen LogP contribution >= 0.6 is 11.3 Å². The quantitative estimate of drug-likeness (QED) is 0.708. The molecule has 0 atom stereocenters. The van der Waals surface area contributed by atoms with Gasteiger partial charge in [-0.15, -0.1) is 10.2 Å². The van der Waals surface area contributed by atoms with Gasteiger partial charge in [-0.25, -0.2) is 0 Å². The van der Waals surface area contributed by atoms with E-state index in [-0.39, 0.29) is 5.91 Å². The molecule has 7 heteroatoms. The van der Waals surface area contributed by atoms with Crippen LogP contribution in [0.3, 0.4) is 0 Å². The number of nitrogens with one attached hydrogen (secondary N) is 1. The first-order valence-electron chi connectivity index (χ1n) is 7.33. The van der Waals surface area contributed by atoms with Crippen molar-refractivity contribution in [2.24, 2.45) is 0 Å². The topological polar surface area (TPSA) is 72.2 Å². The third kappa shape index (κ3) is 3.30. The molecule has 0 unspecified atom stereocenters. The van der Waals surface area contributed by atoms with Gasteiger partial charge in [0, 0.05) is 17.7 Å².